The van der Waals surface area contributed by atoms with E-state index in [1.54, 1.807) is 12.1 Å². The second-order valence-electron chi connectivity index (χ2n) is 5.74. The zero-order valence-corrected chi connectivity index (χ0v) is 15.3. The lowest BCUT2D eigenvalue weighted by molar-refractivity contribution is -0.126. The van der Waals surface area contributed by atoms with Gasteiger partial charge in [-0.2, -0.15) is 0 Å². The van der Waals surface area contributed by atoms with Crippen LogP contribution in [0, 0.1) is 17.5 Å². The smallest absolute Gasteiger partial charge is 0.233 e. The predicted molar refractivity (Wildman–Crippen MR) is 95.8 cm³/mol. The molecule has 0 heterocycles. The van der Waals surface area contributed by atoms with E-state index in [-0.39, 0.29) is 6.54 Å². The van der Waals surface area contributed by atoms with E-state index >= 15 is 0 Å². The third-order valence-corrected chi connectivity index (χ3v) is 3.81. The molecule has 0 aliphatic carbocycles. The highest BCUT2D eigenvalue weighted by atomic mass is 19.2. The highest BCUT2D eigenvalue weighted by Gasteiger charge is 2.16. The SMILES string of the molecule is COc1ccc(CCNC(=O)CC(=O)Nc2ccc(F)c(F)c2F)cc1OC. The lowest BCUT2D eigenvalue weighted by atomic mass is 10.1. The van der Waals surface area contributed by atoms with Gasteiger partial charge in [0.05, 0.1) is 19.9 Å². The molecule has 2 rings (SSSR count). The molecule has 0 radical (unpaired) electrons. The molecule has 0 spiro atoms. The summed E-state index contributed by atoms with van der Waals surface area (Å²) in [6.45, 7) is 0.251. The molecular weight excluding hydrogens is 377 g/mol. The van der Waals surface area contributed by atoms with Crippen LogP contribution in [-0.4, -0.2) is 32.6 Å². The lowest BCUT2D eigenvalue weighted by Gasteiger charge is -2.10. The second-order valence-corrected chi connectivity index (χ2v) is 5.74. The minimum absolute atomic E-state index is 0.251. The van der Waals surface area contributed by atoms with E-state index in [1.807, 2.05) is 11.4 Å². The predicted octanol–water partition coefficient (Wildman–Crippen LogP) is 2.81. The van der Waals surface area contributed by atoms with Crippen LogP contribution in [0.2, 0.25) is 0 Å². The highest BCUT2D eigenvalue weighted by Crippen LogP contribution is 2.27. The van der Waals surface area contributed by atoms with Gasteiger partial charge in [0.15, 0.2) is 29.0 Å². The van der Waals surface area contributed by atoms with Crippen molar-refractivity contribution < 1.29 is 32.2 Å². The van der Waals surface area contributed by atoms with E-state index < -0.39 is 41.4 Å². The molecule has 0 aliphatic rings. The van der Waals surface area contributed by atoms with Crippen LogP contribution in [0.1, 0.15) is 12.0 Å². The normalized spacial score (nSPS) is 10.3. The first-order valence-electron chi connectivity index (χ1n) is 8.26. The van der Waals surface area contributed by atoms with E-state index in [0.717, 1.165) is 11.6 Å². The van der Waals surface area contributed by atoms with Crippen molar-refractivity contribution in [3.8, 4) is 11.5 Å². The van der Waals surface area contributed by atoms with Crippen molar-refractivity contribution in [2.75, 3.05) is 26.1 Å². The molecule has 0 aliphatic heterocycles. The molecule has 0 aromatic heterocycles. The summed E-state index contributed by atoms with van der Waals surface area (Å²) >= 11 is 0. The molecule has 0 atom stereocenters. The van der Waals surface area contributed by atoms with Gasteiger partial charge in [-0.1, -0.05) is 6.07 Å². The molecular formula is C19H19F3N2O4. The minimum Gasteiger partial charge on any atom is -0.493 e. The maximum atomic E-state index is 13.5. The summed E-state index contributed by atoms with van der Waals surface area (Å²) in [4.78, 5) is 23.6. The Hall–Kier alpha value is -3.23. The van der Waals surface area contributed by atoms with Crippen LogP contribution in [0.5, 0.6) is 11.5 Å². The van der Waals surface area contributed by atoms with Gasteiger partial charge in [0, 0.05) is 6.54 Å². The number of hydrogen-bond donors (Lipinski definition) is 2. The maximum absolute atomic E-state index is 13.5. The van der Waals surface area contributed by atoms with Crippen molar-refractivity contribution in [2.45, 2.75) is 12.8 Å². The molecule has 0 saturated carbocycles. The van der Waals surface area contributed by atoms with Crippen molar-refractivity contribution >= 4 is 17.5 Å². The number of ether oxygens (including phenoxy) is 2. The van der Waals surface area contributed by atoms with Crippen molar-refractivity contribution in [1.29, 1.82) is 0 Å². The quantitative estimate of drug-likeness (QED) is 0.532. The summed E-state index contributed by atoms with van der Waals surface area (Å²) < 4.78 is 49.9. The van der Waals surface area contributed by atoms with E-state index in [2.05, 4.69) is 5.32 Å². The largest absolute Gasteiger partial charge is 0.493 e. The Labute approximate surface area is 159 Å². The number of hydrogen-bond acceptors (Lipinski definition) is 4. The second kappa shape index (κ2) is 9.63. The zero-order chi connectivity index (χ0) is 20.7. The first-order valence-corrected chi connectivity index (χ1v) is 8.26. The van der Waals surface area contributed by atoms with Crippen molar-refractivity contribution in [3.63, 3.8) is 0 Å². The number of methoxy groups -OCH3 is 2. The summed E-state index contributed by atoms with van der Waals surface area (Å²) in [5.41, 5.74) is 0.341. The van der Waals surface area contributed by atoms with Gasteiger partial charge in [-0.3, -0.25) is 9.59 Å². The van der Waals surface area contributed by atoms with Crippen molar-refractivity contribution in [3.05, 3.63) is 53.3 Å². The van der Waals surface area contributed by atoms with Gasteiger partial charge >= 0.3 is 0 Å². The third-order valence-electron chi connectivity index (χ3n) is 3.81. The van der Waals surface area contributed by atoms with Crippen LogP contribution in [0.15, 0.2) is 30.3 Å². The van der Waals surface area contributed by atoms with E-state index in [0.29, 0.717) is 24.0 Å². The van der Waals surface area contributed by atoms with Crippen LogP contribution in [0.25, 0.3) is 0 Å². The average Bonchev–Trinajstić information content (AvgIpc) is 2.68. The molecule has 28 heavy (non-hydrogen) atoms. The maximum Gasteiger partial charge on any atom is 0.233 e. The Morgan fingerprint density at radius 3 is 2.32 bits per heavy atom. The van der Waals surface area contributed by atoms with Crippen LogP contribution < -0.4 is 20.1 Å². The monoisotopic (exact) mass is 396 g/mol. The molecule has 6 nitrogen and oxygen atoms in total. The third kappa shape index (κ3) is 5.38. The van der Waals surface area contributed by atoms with Gasteiger partial charge in [-0.15, -0.1) is 0 Å². The lowest BCUT2D eigenvalue weighted by Crippen LogP contribution is -2.29. The number of amides is 2. The molecule has 0 unspecified atom stereocenters. The van der Waals surface area contributed by atoms with Gasteiger partial charge in [-0.25, -0.2) is 13.2 Å². The fourth-order valence-corrected chi connectivity index (χ4v) is 2.41. The molecule has 2 N–H and O–H groups in total. The minimum atomic E-state index is -1.70. The number of nitrogens with one attached hydrogen (secondary N) is 2. The summed E-state index contributed by atoms with van der Waals surface area (Å²) in [5.74, 6) is -4.91. The molecule has 0 bridgehead atoms. The average molecular weight is 396 g/mol. The van der Waals surface area contributed by atoms with Crippen molar-refractivity contribution in [2.24, 2.45) is 0 Å². The topological polar surface area (TPSA) is 76.7 Å². The summed E-state index contributed by atoms with van der Waals surface area (Å²) in [6.07, 6.45) is -0.115. The fraction of sp³-hybridized carbons (Fsp3) is 0.263. The summed E-state index contributed by atoms with van der Waals surface area (Å²) in [7, 11) is 3.03. The van der Waals surface area contributed by atoms with Crippen LogP contribution in [-0.2, 0) is 16.0 Å². The molecule has 2 aromatic carbocycles. The fourth-order valence-electron chi connectivity index (χ4n) is 2.41. The van der Waals surface area contributed by atoms with Gasteiger partial charge in [0.2, 0.25) is 11.8 Å². The first-order chi connectivity index (χ1) is 13.3. The van der Waals surface area contributed by atoms with Gasteiger partial charge < -0.3 is 20.1 Å². The number of carbonyl (C=O) groups is 2. The Balaban J connectivity index is 1.82. The zero-order valence-electron chi connectivity index (χ0n) is 15.3. The van der Waals surface area contributed by atoms with Gasteiger partial charge in [0.1, 0.15) is 6.42 Å². The van der Waals surface area contributed by atoms with Gasteiger partial charge in [0.25, 0.3) is 0 Å². The Morgan fingerprint density at radius 2 is 1.64 bits per heavy atom. The molecule has 0 saturated heterocycles. The Kier molecular flexibility index (Phi) is 7.25. The van der Waals surface area contributed by atoms with Gasteiger partial charge in [-0.05, 0) is 36.2 Å². The molecule has 150 valence electrons. The van der Waals surface area contributed by atoms with Crippen molar-refractivity contribution in [1.82, 2.24) is 5.32 Å². The molecule has 9 heteroatoms. The molecule has 2 amide bonds. The Bertz CT molecular complexity index is 874. The van der Waals surface area contributed by atoms with Crippen LogP contribution in [0.3, 0.4) is 0 Å². The molecule has 2 aromatic rings. The van der Waals surface area contributed by atoms with Crippen LogP contribution >= 0.6 is 0 Å². The summed E-state index contributed by atoms with van der Waals surface area (Å²) in [6, 6.07) is 6.87. The van der Waals surface area contributed by atoms with Crippen LogP contribution in [0.4, 0.5) is 18.9 Å². The first kappa shape index (κ1) is 21.1. The number of benzene rings is 2. The van der Waals surface area contributed by atoms with E-state index in [4.69, 9.17) is 9.47 Å². The van der Waals surface area contributed by atoms with E-state index in [1.165, 1.54) is 14.2 Å². The Morgan fingerprint density at radius 1 is 0.929 bits per heavy atom. The number of halogens is 3. The van der Waals surface area contributed by atoms with E-state index in [9.17, 15) is 22.8 Å². The standard InChI is InChI=1S/C19H19F3N2O4/c1-27-14-6-3-11(9-15(14)28-2)7-8-23-16(25)10-17(26)24-13-5-4-12(20)18(21)19(13)22/h3-6,9H,7-8,10H2,1-2H3,(H,23,25)(H,24,26). The summed E-state index contributed by atoms with van der Waals surface area (Å²) in [5, 5.41) is 4.58. The number of carbonyl (C=O) groups excluding carboxylic acids is 2. The number of rotatable bonds is 8. The number of anilines is 1. The molecule has 0 fully saturated rings. The highest BCUT2D eigenvalue weighted by molar-refractivity contribution is 6.03.